The van der Waals surface area contributed by atoms with Crippen LogP contribution in [0.4, 0.5) is 14.9 Å². The molecule has 1 N–H and O–H groups in total. The molecule has 20 heavy (non-hydrogen) atoms. The molecule has 0 aliphatic carbocycles. The van der Waals surface area contributed by atoms with Gasteiger partial charge in [-0.3, -0.25) is 4.90 Å². The Morgan fingerprint density at radius 2 is 1.95 bits per heavy atom. The molecule has 2 fully saturated rings. The largest absolute Gasteiger partial charge is 0.323 e. The maximum Gasteiger partial charge on any atom is 0.321 e. The third kappa shape index (κ3) is 2.77. The number of amides is 2. The van der Waals surface area contributed by atoms with Crippen LogP contribution in [-0.4, -0.2) is 48.1 Å². The van der Waals surface area contributed by atoms with Crippen molar-refractivity contribution >= 4 is 11.7 Å². The van der Waals surface area contributed by atoms with Gasteiger partial charge < -0.3 is 10.2 Å². The molecule has 1 aromatic carbocycles. The number of carbonyl (C=O) groups is 1. The Hall–Kier alpha value is -1.62. The molecule has 2 aliphatic rings. The third-order valence-electron chi connectivity index (χ3n) is 4.22. The van der Waals surface area contributed by atoms with Crippen molar-refractivity contribution in [3.8, 4) is 0 Å². The Kier molecular flexibility index (Phi) is 3.87. The number of benzene rings is 1. The number of halogens is 1. The Morgan fingerprint density at radius 3 is 2.70 bits per heavy atom. The van der Waals surface area contributed by atoms with E-state index >= 15 is 0 Å². The van der Waals surface area contributed by atoms with Crippen LogP contribution in [0.15, 0.2) is 24.3 Å². The van der Waals surface area contributed by atoms with E-state index in [-0.39, 0.29) is 11.7 Å². The van der Waals surface area contributed by atoms with Crippen molar-refractivity contribution < 1.29 is 9.18 Å². The average Bonchev–Trinajstić information content (AvgIpc) is 3.11. The van der Waals surface area contributed by atoms with Gasteiger partial charge >= 0.3 is 6.03 Å². The van der Waals surface area contributed by atoms with Gasteiger partial charge in [0.05, 0.1) is 5.69 Å². The van der Waals surface area contributed by atoms with Gasteiger partial charge in [-0.2, -0.15) is 0 Å². The molecule has 0 saturated carbocycles. The molecule has 0 bridgehead atoms. The molecule has 0 unspecified atom stereocenters. The first-order chi connectivity index (χ1) is 9.74. The molecule has 2 amide bonds. The molecule has 0 radical (unpaired) electrons. The van der Waals surface area contributed by atoms with Crippen molar-refractivity contribution in [3.05, 3.63) is 30.1 Å². The van der Waals surface area contributed by atoms with Gasteiger partial charge in [0, 0.05) is 19.1 Å². The number of carbonyl (C=O) groups excluding carboxylic acids is 1. The minimum atomic E-state index is -0.392. The predicted molar refractivity (Wildman–Crippen MR) is 76.2 cm³/mol. The molecule has 4 nitrogen and oxygen atoms in total. The maximum absolute atomic E-state index is 13.5. The highest BCUT2D eigenvalue weighted by atomic mass is 19.1. The molecule has 2 aliphatic heterocycles. The van der Waals surface area contributed by atoms with E-state index in [0.29, 0.717) is 6.04 Å². The van der Waals surface area contributed by atoms with E-state index in [1.54, 1.807) is 23.1 Å². The highest BCUT2D eigenvalue weighted by Crippen LogP contribution is 2.21. The molecular formula is C15H20FN3O. The molecule has 2 saturated heterocycles. The molecule has 3 rings (SSSR count). The number of urea groups is 1. The lowest BCUT2D eigenvalue weighted by Gasteiger charge is -2.23. The number of hydrogen-bond donors (Lipinski definition) is 1. The summed E-state index contributed by atoms with van der Waals surface area (Å²) in [5, 5.41) is 2.66. The second-order valence-electron chi connectivity index (χ2n) is 5.54. The van der Waals surface area contributed by atoms with Crippen LogP contribution in [0.2, 0.25) is 0 Å². The molecular weight excluding hydrogens is 257 g/mol. The Balaban J connectivity index is 1.57. The van der Waals surface area contributed by atoms with Gasteiger partial charge in [-0.05, 0) is 44.5 Å². The summed E-state index contributed by atoms with van der Waals surface area (Å²) >= 11 is 0. The molecule has 1 atom stereocenters. The lowest BCUT2D eigenvalue weighted by atomic mass is 10.2. The standard InChI is InChI=1S/C15H20FN3O/c16-13-5-1-2-6-14(13)17-15(20)19-10-7-12(11-19)18-8-3-4-9-18/h1-2,5-6,12H,3-4,7-11H2,(H,17,20)/t12-/m0/s1. The number of likely N-dealkylation sites (tertiary alicyclic amines) is 2. The van der Waals surface area contributed by atoms with Gasteiger partial charge in [0.1, 0.15) is 5.82 Å². The lowest BCUT2D eigenvalue weighted by Crippen LogP contribution is -2.38. The summed E-state index contributed by atoms with van der Waals surface area (Å²) in [6.45, 7) is 3.79. The minimum Gasteiger partial charge on any atom is -0.323 e. The summed E-state index contributed by atoms with van der Waals surface area (Å²) in [5.41, 5.74) is 0.252. The molecule has 108 valence electrons. The first-order valence-electron chi connectivity index (χ1n) is 7.28. The van der Waals surface area contributed by atoms with E-state index in [4.69, 9.17) is 0 Å². The second kappa shape index (κ2) is 5.79. The molecule has 0 aromatic heterocycles. The number of nitrogens with one attached hydrogen (secondary N) is 1. The quantitative estimate of drug-likeness (QED) is 0.901. The van der Waals surface area contributed by atoms with Crippen molar-refractivity contribution in [2.24, 2.45) is 0 Å². The fourth-order valence-electron chi connectivity index (χ4n) is 3.09. The zero-order valence-corrected chi connectivity index (χ0v) is 11.5. The molecule has 2 heterocycles. The highest BCUT2D eigenvalue weighted by molar-refractivity contribution is 5.89. The van der Waals surface area contributed by atoms with Crippen molar-refractivity contribution in [1.82, 2.24) is 9.80 Å². The van der Waals surface area contributed by atoms with E-state index < -0.39 is 5.82 Å². The van der Waals surface area contributed by atoms with E-state index in [0.717, 1.165) is 32.6 Å². The number of anilines is 1. The third-order valence-corrected chi connectivity index (χ3v) is 4.22. The minimum absolute atomic E-state index is 0.197. The van der Waals surface area contributed by atoms with Crippen LogP contribution in [-0.2, 0) is 0 Å². The fourth-order valence-corrected chi connectivity index (χ4v) is 3.09. The predicted octanol–water partition coefficient (Wildman–Crippen LogP) is 2.53. The summed E-state index contributed by atoms with van der Waals surface area (Å²) < 4.78 is 13.5. The summed E-state index contributed by atoms with van der Waals surface area (Å²) in [4.78, 5) is 16.4. The van der Waals surface area contributed by atoms with Gasteiger partial charge in [-0.1, -0.05) is 12.1 Å². The topological polar surface area (TPSA) is 35.6 Å². The molecule has 0 spiro atoms. The lowest BCUT2D eigenvalue weighted by molar-refractivity contribution is 0.210. The fraction of sp³-hybridized carbons (Fsp3) is 0.533. The van der Waals surface area contributed by atoms with Gasteiger partial charge in [-0.15, -0.1) is 0 Å². The van der Waals surface area contributed by atoms with E-state index in [9.17, 15) is 9.18 Å². The zero-order valence-electron chi connectivity index (χ0n) is 11.5. The van der Waals surface area contributed by atoms with Gasteiger partial charge in [-0.25, -0.2) is 9.18 Å². The van der Waals surface area contributed by atoms with Gasteiger partial charge in [0.25, 0.3) is 0 Å². The van der Waals surface area contributed by atoms with Crippen LogP contribution in [0, 0.1) is 5.82 Å². The normalized spacial score (nSPS) is 23.2. The van der Waals surface area contributed by atoms with Crippen molar-refractivity contribution in [2.75, 3.05) is 31.5 Å². The SMILES string of the molecule is O=C(Nc1ccccc1F)N1CC[C@H](N2CCCC2)C1. The molecule has 5 heteroatoms. The monoisotopic (exact) mass is 277 g/mol. The van der Waals surface area contributed by atoms with Crippen LogP contribution in [0.1, 0.15) is 19.3 Å². The van der Waals surface area contributed by atoms with Crippen molar-refractivity contribution in [3.63, 3.8) is 0 Å². The highest BCUT2D eigenvalue weighted by Gasteiger charge is 2.31. The summed E-state index contributed by atoms with van der Waals surface area (Å²) in [7, 11) is 0. The van der Waals surface area contributed by atoms with Crippen LogP contribution >= 0.6 is 0 Å². The number of nitrogens with zero attached hydrogens (tertiary/aromatic N) is 2. The maximum atomic E-state index is 13.5. The van der Waals surface area contributed by atoms with Gasteiger partial charge in [0.15, 0.2) is 0 Å². The Bertz CT molecular complexity index is 488. The van der Waals surface area contributed by atoms with Crippen LogP contribution in [0.5, 0.6) is 0 Å². The molecule has 1 aromatic rings. The number of rotatable bonds is 2. The average molecular weight is 277 g/mol. The summed E-state index contributed by atoms with van der Waals surface area (Å²) in [5.74, 6) is -0.392. The second-order valence-corrected chi connectivity index (χ2v) is 5.54. The smallest absolute Gasteiger partial charge is 0.321 e. The van der Waals surface area contributed by atoms with E-state index in [1.807, 2.05) is 0 Å². The van der Waals surface area contributed by atoms with E-state index in [1.165, 1.54) is 18.9 Å². The van der Waals surface area contributed by atoms with Gasteiger partial charge in [0.2, 0.25) is 0 Å². The summed E-state index contributed by atoms with van der Waals surface area (Å²) in [6.07, 6.45) is 3.54. The van der Waals surface area contributed by atoms with Crippen LogP contribution in [0.25, 0.3) is 0 Å². The number of para-hydroxylation sites is 1. The Labute approximate surface area is 118 Å². The zero-order chi connectivity index (χ0) is 13.9. The van der Waals surface area contributed by atoms with Crippen LogP contribution in [0.3, 0.4) is 0 Å². The van der Waals surface area contributed by atoms with Crippen molar-refractivity contribution in [1.29, 1.82) is 0 Å². The van der Waals surface area contributed by atoms with E-state index in [2.05, 4.69) is 10.2 Å². The first-order valence-corrected chi connectivity index (χ1v) is 7.28. The Morgan fingerprint density at radius 1 is 1.20 bits per heavy atom. The van der Waals surface area contributed by atoms with Crippen molar-refractivity contribution in [2.45, 2.75) is 25.3 Å². The van der Waals surface area contributed by atoms with Crippen LogP contribution < -0.4 is 5.32 Å². The first kappa shape index (κ1) is 13.4. The summed E-state index contributed by atoms with van der Waals surface area (Å²) in [6, 6.07) is 6.55. The number of hydrogen-bond acceptors (Lipinski definition) is 2.